The standard InChI is InChI=1S/C20H25N5O2/c1-15(17-5-3-2-4-6-17)24-20(27)19(26)23-13-16-7-11-25(12-8-16)18-14-21-9-10-22-18/h2-6,9-10,14-16H,7-8,11-13H2,1H3,(H,23,26)(H,24,27). The zero-order valence-corrected chi connectivity index (χ0v) is 15.5. The van der Waals surface area contributed by atoms with Crippen molar-refractivity contribution < 1.29 is 9.59 Å². The number of piperidine rings is 1. The second-order valence-electron chi connectivity index (χ2n) is 6.81. The third kappa shape index (κ3) is 5.26. The Morgan fingerprint density at radius 3 is 2.56 bits per heavy atom. The average Bonchev–Trinajstić information content (AvgIpc) is 2.73. The minimum Gasteiger partial charge on any atom is -0.355 e. The Hall–Kier alpha value is -2.96. The monoisotopic (exact) mass is 367 g/mol. The lowest BCUT2D eigenvalue weighted by Gasteiger charge is -2.32. The molecule has 3 rings (SSSR count). The van der Waals surface area contributed by atoms with Gasteiger partial charge in [-0.15, -0.1) is 0 Å². The molecule has 1 aromatic carbocycles. The zero-order valence-electron chi connectivity index (χ0n) is 15.5. The third-order valence-corrected chi connectivity index (χ3v) is 4.89. The normalized spacial score (nSPS) is 15.8. The van der Waals surface area contributed by atoms with Gasteiger partial charge in [-0.3, -0.25) is 14.6 Å². The topological polar surface area (TPSA) is 87.2 Å². The molecular weight excluding hydrogens is 342 g/mol. The van der Waals surface area contributed by atoms with E-state index in [2.05, 4.69) is 25.5 Å². The van der Waals surface area contributed by atoms with Crippen LogP contribution in [0.1, 0.15) is 31.4 Å². The molecule has 1 unspecified atom stereocenters. The molecule has 2 N–H and O–H groups in total. The molecule has 7 heteroatoms. The summed E-state index contributed by atoms with van der Waals surface area (Å²) in [5, 5.41) is 5.50. The number of aromatic nitrogens is 2. The highest BCUT2D eigenvalue weighted by Crippen LogP contribution is 2.20. The lowest BCUT2D eigenvalue weighted by Crippen LogP contribution is -2.44. The number of hydrogen-bond acceptors (Lipinski definition) is 5. The zero-order chi connectivity index (χ0) is 19.1. The Kier molecular flexibility index (Phi) is 6.35. The van der Waals surface area contributed by atoms with Crippen LogP contribution in [0.4, 0.5) is 5.82 Å². The first-order chi connectivity index (χ1) is 13.1. The quantitative estimate of drug-likeness (QED) is 0.785. The van der Waals surface area contributed by atoms with Crippen molar-refractivity contribution in [2.75, 3.05) is 24.5 Å². The first-order valence-electron chi connectivity index (χ1n) is 9.28. The fraction of sp³-hybridized carbons (Fsp3) is 0.400. The van der Waals surface area contributed by atoms with Crippen molar-refractivity contribution in [3.05, 3.63) is 54.5 Å². The summed E-state index contributed by atoms with van der Waals surface area (Å²) in [6, 6.07) is 9.37. The molecular formula is C20H25N5O2. The Labute approximate surface area is 159 Å². The molecule has 0 aliphatic carbocycles. The number of benzene rings is 1. The Bertz CT molecular complexity index is 745. The van der Waals surface area contributed by atoms with Gasteiger partial charge in [-0.1, -0.05) is 30.3 Å². The van der Waals surface area contributed by atoms with Crippen LogP contribution in [0.3, 0.4) is 0 Å². The van der Waals surface area contributed by atoms with E-state index in [0.717, 1.165) is 37.3 Å². The van der Waals surface area contributed by atoms with Gasteiger partial charge in [0.2, 0.25) is 0 Å². The summed E-state index contributed by atoms with van der Waals surface area (Å²) in [6.45, 7) is 4.12. The lowest BCUT2D eigenvalue weighted by atomic mass is 9.97. The number of rotatable bonds is 5. The largest absolute Gasteiger partial charge is 0.355 e. The summed E-state index contributed by atoms with van der Waals surface area (Å²) in [5.41, 5.74) is 0.968. The highest BCUT2D eigenvalue weighted by Gasteiger charge is 2.22. The van der Waals surface area contributed by atoms with Gasteiger partial charge in [0.25, 0.3) is 0 Å². The molecule has 1 saturated heterocycles. The maximum absolute atomic E-state index is 12.1. The van der Waals surface area contributed by atoms with Crippen molar-refractivity contribution in [1.82, 2.24) is 20.6 Å². The maximum atomic E-state index is 12.1. The summed E-state index contributed by atoms with van der Waals surface area (Å²) in [6.07, 6.45) is 7.00. The lowest BCUT2D eigenvalue weighted by molar-refractivity contribution is -0.139. The number of nitrogens with zero attached hydrogens (tertiary/aromatic N) is 3. The smallest absolute Gasteiger partial charge is 0.309 e. The molecule has 0 bridgehead atoms. The van der Waals surface area contributed by atoms with E-state index >= 15 is 0 Å². The summed E-state index contributed by atoms with van der Waals surface area (Å²) in [7, 11) is 0. The Morgan fingerprint density at radius 2 is 1.89 bits per heavy atom. The van der Waals surface area contributed by atoms with Gasteiger partial charge in [0, 0.05) is 32.0 Å². The van der Waals surface area contributed by atoms with E-state index in [-0.39, 0.29) is 6.04 Å². The molecule has 1 atom stereocenters. The summed E-state index contributed by atoms with van der Waals surface area (Å²) in [4.78, 5) is 34.8. The van der Waals surface area contributed by atoms with Gasteiger partial charge in [-0.25, -0.2) is 4.98 Å². The van der Waals surface area contributed by atoms with Crippen LogP contribution >= 0.6 is 0 Å². The fourth-order valence-corrected chi connectivity index (χ4v) is 3.23. The minimum absolute atomic E-state index is 0.209. The predicted octanol–water partition coefficient (Wildman–Crippen LogP) is 1.69. The second kappa shape index (κ2) is 9.12. The van der Waals surface area contributed by atoms with Gasteiger partial charge in [-0.05, 0) is 31.2 Å². The van der Waals surface area contributed by atoms with Gasteiger partial charge in [0.15, 0.2) is 0 Å². The van der Waals surface area contributed by atoms with Crippen LogP contribution in [0.2, 0.25) is 0 Å². The average molecular weight is 367 g/mol. The molecule has 7 nitrogen and oxygen atoms in total. The SMILES string of the molecule is CC(NC(=O)C(=O)NCC1CCN(c2cnccn2)CC1)c1ccccc1. The van der Waals surface area contributed by atoms with Crippen LogP contribution < -0.4 is 15.5 Å². The Balaban J connectivity index is 1.40. The van der Waals surface area contributed by atoms with Gasteiger partial charge < -0.3 is 15.5 Å². The molecule has 1 aliphatic rings. The molecule has 1 aromatic heterocycles. The van der Waals surface area contributed by atoms with Crippen molar-refractivity contribution in [3.8, 4) is 0 Å². The number of anilines is 1. The Morgan fingerprint density at radius 1 is 1.15 bits per heavy atom. The van der Waals surface area contributed by atoms with Crippen LogP contribution in [0.15, 0.2) is 48.9 Å². The minimum atomic E-state index is -0.594. The third-order valence-electron chi connectivity index (χ3n) is 4.89. The number of nitrogens with one attached hydrogen (secondary N) is 2. The summed E-state index contributed by atoms with van der Waals surface area (Å²) >= 11 is 0. The van der Waals surface area contributed by atoms with Crippen LogP contribution in [0.25, 0.3) is 0 Å². The van der Waals surface area contributed by atoms with E-state index in [1.807, 2.05) is 37.3 Å². The van der Waals surface area contributed by atoms with E-state index in [0.29, 0.717) is 12.5 Å². The van der Waals surface area contributed by atoms with Gasteiger partial charge in [0.1, 0.15) is 5.82 Å². The molecule has 0 saturated carbocycles. The van der Waals surface area contributed by atoms with Crippen molar-refractivity contribution in [1.29, 1.82) is 0 Å². The molecule has 0 spiro atoms. The van der Waals surface area contributed by atoms with E-state index in [1.54, 1.807) is 18.6 Å². The fourth-order valence-electron chi connectivity index (χ4n) is 3.23. The molecule has 1 aliphatic heterocycles. The molecule has 142 valence electrons. The number of amides is 2. The molecule has 2 amide bonds. The van der Waals surface area contributed by atoms with E-state index in [4.69, 9.17) is 0 Å². The van der Waals surface area contributed by atoms with Crippen LogP contribution in [-0.4, -0.2) is 41.4 Å². The number of carbonyl (C=O) groups is 2. The van der Waals surface area contributed by atoms with Crippen LogP contribution in [0, 0.1) is 5.92 Å². The highest BCUT2D eigenvalue weighted by atomic mass is 16.2. The number of hydrogen-bond donors (Lipinski definition) is 2. The van der Waals surface area contributed by atoms with Crippen molar-refractivity contribution in [3.63, 3.8) is 0 Å². The highest BCUT2D eigenvalue weighted by molar-refractivity contribution is 6.35. The van der Waals surface area contributed by atoms with E-state index in [9.17, 15) is 9.59 Å². The van der Waals surface area contributed by atoms with Gasteiger partial charge >= 0.3 is 11.8 Å². The van der Waals surface area contributed by atoms with Crippen molar-refractivity contribution >= 4 is 17.6 Å². The molecule has 1 fully saturated rings. The van der Waals surface area contributed by atoms with Crippen molar-refractivity contribution in [2.24, 2.45) is 5.92 Å². The van der Waals surface area contributed by atoms with Crippen LogP contribution in [0.5, 0.6) is 0 Å². The summed E-state index contributed by atoms with van der Waals surface area (Å²) < 4.78 is 0. The maximum Gasteiger partial charge on any atom is 0.309 e. The molecule has 27 heavy (non-hydrogen) atoms. The summed E-state index contributed by atoms with van der Waals surface area (Å²) in [5.74, 6) is 0.0768. The molecule has 0 radical (unpaired) electrons. The molecule has 2 aromatic rings. The second-order valence-corrected chi connectivity index (χ2v) is 6.81. The van der Waals surface area contributed by atoms with Crippen LogP contribution in [-0.2, 0) is 9.59 Å². The van der Waals surface area contributed by atoms with E-state index in [1.165, 1.54) is 0 Å². The first-order valence-corrected chi connectivity index (χ1v) is 9.28. The first kappa shape index (κ1) is 18.8. The van der Waals surface area contributed by atoms with E-state index < -0.39 is 11.8 Å². The van der Waals surface area contributed by atoms with Gasteiger partial charge in [0.05, 0.1) is 12.2 Å². The van der Waals surface area contributed by atoms with Gasteiger partial charge in [-0.2, -0.15) is 0 Å². The predicted molar refractivity (Wildman–Crippen MR) is 103 cm³/mol. The molecule has 2 heterocycles. The number of carbonyl (C=O) groups excluding carboxylic acids is 2. The van der Waals surface area contributed by atoms with Crippen molar-refractivity contribution in [2.45, 2.75) is 25.8 Å².